The first kappa shape index (κ1) is 12.5. The summed E-state index contributed by atoms with van der Waals surface area (Å²) >= 11 is 1.47. The molecule has 0 aliphatic rings. The van der Waals surface area contributed by atoms with E-state index in [-0.39, 0.29) is 12.4 Å². The number of methoxy groups -OCH3 is 1. The predicted molar refractivity (Wildman–Crippen MR) is 73.2 cm³/mol. The molecule has 4 heteroatoms. The number of nitrogens with zero attached hydrogens (tertiary/aromatic N) is 1. The highest BCUT2D eigenvalue weighted by Gasteiger charge is 2.08. The SMILES string of the molecule is COC(=O)Cc1scnc1/C=C/c1ccccc1. The summed E-state index contributed by atoms with van der Waals surface area (Å²) in [6, 6.07) is 9.97. The number of carbonyl (C=O) groups excluding carboxylic acids is 1. The van der Waals surface area contributed by atoms with Gasteiger partial charge in [0.1, 0.15) is 0 Å². The Kier molecular flexibility index (Phi) is 4.25. The van der Waals surface area contributed by atoms with Gasteiger partial charge in [-0.1, -0.05) is 36.4 Å². The van der Waals surface area contributed by atoms with Gasteiger partial charge in [0.05, 0.1) is 24.7 Å². The van der Waals surface area contributed by atoms with E-state index in [1.165, 1.54) is 18.4 Å². The fourth-order valence-corrected chi connectivity index (χ4v) is 2.23. The zero-order valence-corrected chi connectivity index (χ0v) is 10.8. The Hall–Kier alpha value is -1.94. The van der Waals surface area contributed by atoms with E-state index in [1.54, 1.807) is 5.51 Å². The molecule has 1 aromatic heterocycles. The number of hydrogen-bond donors (Lipinski definition) is 0. The molecular weight excluding hydrogens is 246 g/mol. The molecule has 0 amide bonds. The molecule has 2 rings (SSSR count). The predicted octanol–water partition coefficient (Wildman–Crippen LogP) is 3.03. The van der Waals surface area contributed by atoms with Gasteiger partial charge in [-0.3, -0.25) is 4.79 Å². The van der Waals surface area contributed by atoms with Gasteiger partial charge in [-0.2, -0.15) is 0 Å². The van der Waals surface area contributed by atoms with Crippen molar-refractivity contribution in [3.05, 3.63) is 52.0 Å². The lowest BCUT2D eigenvalue weighted by atomic mass is 10.2. The first-order chi connectivity index (χ1) is 8.79. The summed E-state index contributed by atoms with van der Waals surface area (Å²) in [5.74, 6) is -0.242. The smallest absolute Gasteiger partial charge is 0.310 e. The lowest BCUT2D eigenvalue weighted by Crippen LogP contribution is -2.03. The highest BCUT2D eigenvalue weighted by molar-refractivity contribution is 7.09. The van der Waals surface area contributed by atoms with E-state index in [9.17, 15) is 4.79 Å². The molecule has 3 nitrogen and oxygen atoms in total. The first-order valence-corrected chi connectivity index (χ1v) is 6.40. The minimum absolute atomic E-state index is 0.242. The molecule has 1 aromatic carbocycles. The van der Waals surface area contributed by atoms with E-state index in [4.69, 9.17) is 0 Å². The van der Waals surface area contributed by atoms with E-state index in [1.807, 2.05) is 42.5 Å². The molecule has 1 heterocycles. The van der Waals surface area contributed by atoms with Gasteiger partial charge in [0.25, 0.3) is 0 Å². The van der Waals surface area contributed by atoms with Crippen molar-refractivity contribution in [2.24, 2.45) is 0 Å². The van der Waals surface area contributed by atoms with Crippen LogP contribution in [0.3, 0.4) is 0 Å². The summed E-state index contributed by atoms with van der Waals surface area (Å²) < 4.78 is 4.66. The third kappa shape index (κ3) is 3.28. The van der Waals surface area contributed by atoms with Crippen molar-refractivity contribution in [3.63, 3.8) is 0 Å². The van der Waals surface area contributed by atoms with Crippen LogP contribution < -0.4 is 0 Å². The molecule has 0 fully saturated rings. The maximum atomic E-state index is 11.2. The Morgan fingerprint density at radius 1 is 1.33 bits per heavy atom. The molecule has 0 aliphatic heterocycles. The Bertz CT molecular complexity index is 546. The Morgan fingerprint density at radius 2 is 2.11 bits per heavy atom. The number of rotatable bonds is 4. The molecule has 0 bridgehead atoms. The highest BCUT2D eigenvalue weighted by atomic mass is 32.1. The van der Waals surface area contributed by atoms with E-state index in [2.05, 4.69) is 9.72 Å². The molecular formula is C14H13NO2S. The van der Waals surface area contributed by atoms with Crippen LogP contribution in [-0.4, -0.2) is 18.1 Å². The third-order valence-electron chi connectivity index (χ3n) is 2.44. The number of thiazole rings is 1. The van der Waals surface area contributed by atoms with Crippen LogP contribution in [0.4, 0.5) is 0 Å². The van der Waals surface area contributed by atoms with Gasteiger partial charge in [-0.25, -0.2) is 4.98 Å². The van der Waals surface area contributed by atoms with Gasteiger partial charge in [-0.05, 0) is 11.6 Å². The molecule has 92 valence electrons. The molecule has 0 radical (unpaired) electrons. The van der Waals surface area contributed by atoms with Crippen molar-refractivity contribution in [3.8, 4) is 0 Å². The molecule has 18 heavy (non-hydrogen) atoms. The second-order valence-corrected chi connectivity index (χ2v) is 4.60. The summed E-state index contributed by atoms with van der Waals surface area (Å²) in [4.78, 5) is 16.4. The van der Waals surface area contributed by atoms with E-state index in [0.29, 0.717) is 0 Å². The molecule has 0 atom stereocenters. The normalized spacial score (nSPS) is 10.7. The van der Waals surface area contributed by atoms with Crippen molar-refractivity contribution in [2.75, 3.05) is 7.11 Å². The van der Waals surface area contributed by atoms with Crippen molar-refractivity contribution in [1.82, 2.24) is 4.98 Å². The highest BCUT2D eigenvalue weighted by Crippen LogP contribution is 2.17. The fraction of sp³-hybridized carbons (Fsp3) is 0.143. The van der Waals surface area contributed by atoms with Crippen LogP contribution in [0.1, 0.15) is 16.1 Å². The van der Waals surface area contributed by atoms with E-state index >= 15 is 0 Å². The van der Waals surface area contributed by atoms with Gasteiger partial charge in [0.2, 0.25) is 0 Å². The van der Waals surface area contributed by atoms with Crippen LogP contribution in [-0.2, 0) is 16.0 Å². The van der Waals surface area contributed by atoms with Gasteiger partial charge >= 0.3 is 5.97 Å². The van der Waals surface area contributed by atoms with Crippen molar-refractivity contribution in [2.45, 2.75) is 6.42 Å². The van der Waals surface area contributed by atoms with Crippen molar-refractivity contribution < 1.29 is 9.53 Å². The largest absolute Gasteiger partial charge is 0.469 e. The zero-order chi connectivity index (χ0) is 12.8. The average molecular weight is 259 g/mol. The summed E-state index contributed by atoms with van der Waals surface area (Å²) in [5.41, 5.74) is 3.67. The van der Waals surface area contributed by atoms with Gasteiger partial charge in [-0.15, -0.1) is 11.3 Å². The number of benzene rings is 1. The molecule has 0 spiro atoms. The molecule has 0 saturated carbocycles. The first-order valence-electron chi connectivity index (χ1n) is 5.52. The standard InChI is InChI=1S/C14H13NO2S/c1-17-14(16)9-13-12(15-10-18-13)8-7-11-5-3-2-4-6-11/h2-8,10H,9H2,1H3/b8-7+. The Morgan fingerprint density at radius 3 is 2.83 bits per heavy atom. The van der Waals surface area contributed by atoms with Crippen molar-refractivity contribution >= 4 is 29.5 Å². The van der Waals surface area contributed by atoms with Gasteiger partial charge < -0.3 is 4.74 Å². The zero-order valence-electron chi connectivity index (χ0n) is 10.00. The second kappa shape index (κ2) is 6.12. The monoisotopic (exact) mass is 259 g/mol. The molecule has 0 saturated heterocycles. The Labute approximate surface area is 110 Å². The number of aromatic nitrogens is 1. The second-order valence-electron chi connectivity index (χ2n) is 3.66. The number of carbonyl (C=O) groups is 1. The van der Waals surface area contributed by atoms with Crippen LogP contribution in [0.5, 0.6) is 0 Å². The van der Waals surface area contributed by atoms with E-state index in [0.717, 1.165) is 16.1 Å². The maximum Gasteiger partial charge on any atom is 0.310 e. The summed E-state index contributed by atoms with van der Waals surface area (Å²) in [5, 5.41) is 0. The number of esters is 1. The fourth-order valence-electron chi connectivity index (χ4n) is 1.49. The topological polar surface area (TPSA) is 39.2 Å². The molecule has 2 aromatic rings. The lowest BCUT2D eigenvalue weighted by molar-refractivity contribution is -0.139. The quantitative estimate of drug-likeness (QED) is 0.792. The van der Waals surface area contributed by atoms with Crippen LogP contribution in [0.25, 0.3) is 12.2 Å². The van der Waals surface area contributed by atoms with Crippen LogP contribution in [0, 0.1) is 0 Å². The minimum Gasteiger partial charge on any atom is -0.469 e. The molecule has 0 N–H and O–H groups in total. The van der Waals surface area contributed by atoms with Crippen LogP contribution in [0.2, 0.25) is 0 Å². The Balaban J connectivity index is 2.13. The number of ether oxygens (including phenoxy) is 1. The minimum atomic E-state index is -0.242. The number of hydrogen-bond acceptors (Lipinski definition) is 4. The van der Waals surface area contributed by atoms with Crippen molar-refractivity contribution in [1.29, 1.82) is 0 Å². The van der Waals surface area contributed by atoms with Gasteiger partial charge in [0, 0.05) is 4.88 Å². The third-order valence-corrected chi connectivity index (χ3v) is 3.29. The van der Waals surface area contributed by atoms with Crippen LogP contribution >= 0.6 is 11.3 Å². The summed E-state index contributed by atoms with van der Waals surface area (Å²) in [7, 11) is 1.39. The van der Waals surface area contributed by atoms with E-state index < -0.39 is 0 Å². The summed E-state index contributed by atoms with van der Waals surface area (Å²) in [6.45, 7) is 0. The van der Waals surface area contributed by atoms with Gasteiger partial charge in [0.15, 0.2) is 0 Å². The lowest BCUT2D eigenvalue weighted by Gasteiger charge is -1.97. The average Bonchev–Trinajstić information content (AvgIpc) is 2.84. The molecule has 0 unspecified atom stereocenters. The maximum absolute atomic E-state index is 11.2. The summed E-state index contributed by atoms with van der Waals surface area (Å²) in [6.07, 6.45) is 4.18. The molecule has 0 aliphatic carbocycles. The van der Waals surface area contributed by atoms with Crippen LogP contribution in [0.15, 0.2) is 35.8 Å².